The fourth-order valence-corrected chi connectivity index (χ4v) is 11.1. The number of cyclic esters (lactones) is 1. The van der Waals surface area contributed by atoms with Crippen molar-refractivity contribution >= 4 is 59.2 Å². The van der Waals surface area contributed by atoms with Crippen molar-refractivity contribution in [3.05, 3.63) is 67.9 Å². The first-order valence-corrected chi connectivity index (χ1v) is 21.2. The standard InChI is InChI=1S/C45H54N4O16.Co/c1-21-45-40-26(15-37(60)61)41(2,13-12-35(56)57)30(47-40)16-27-22(6-9-32(50)51)25(14-36(58)59)44(5,48-27)18-29-23(7-10-33(52)53)42(3,19-38(62)63)31(46-29)17-28(49-45)24(8-11-34(54)55)43(45,4)20-39(64)65-21;/h16-17,21,24H,6-15,18-20H2,1-5H3,(H9,46,47,48,49,50,51,52,53,54,55,56,57,58,59,60,61,62,63);/p-2/t21?,24-,41-,42+,43+,44+,45?;/m1./s1. The number of carboxylic acid groups (broad SMARTS) is 7. The summed E-state index contributed by atoms with van der Waals surface area (Å²) in [5.74, 6) is -10.4. The van der Waals surface area contributed by atoms with Gasteiger partial charge in [0.15, 0.2) is 0 Å². The number of hydrogen-bond donors (Lipinski definition) is 7. The van der Waals surface area contributed by atoms with E-state index in [2.05, 4.69) is 0 Å². The Morgan fingerprint density at radius 3 is 1.83 bits per heavy atom. The Labute approximate surface area is 388 Å². The summed E-state index contributed by atoms with van der Waals surface area (Å²) < 4.78 is 5.94. The van der Waals surface area contributed by atoms with Gasteiger partial charge >= 0.3 is 47.8 Å². The number of hydrogen-bond acceptors (Lipinski definition) is 11. The number of carbonyl (C=O) groups is 8. The number of aliphatic carboxylic acids is 7. The third-order valence-electron chi connectivity index (χ3n) is 14.2. The Kier molecular flexibility index (Phi) is 14.1. The average Bonchev–Trinajstić information content (AvgIpc) is 3.76. The maximum Gasteiger partial charge on any atom is 0.307 e. The molecule has 8 bridgehead atoms. The molecular formula is C45H52CoN4O16-2. The second-order valence-corrected chi connectivity index (χ2v) is 18.5. The van der Waals surface area contributed by atoms with Gasteiger partial charge in [0.25, 0.3) is 0 Å². The number of carboxylic acids is 7. The van der Waals surface area contributed by atoms with Crippen molar-refractivity contribution in [2.45, 2.75) is 135 Å². The number of ether oxygens (including phenoxy) is 1. The molecule has 0 aromatic rings. The molecule has 6 aliphatic rings. The molecule has 0 saturated carbocycles. The number of nitrogens with zero attached hydrogens (tertiary/aromatic N) is 4. The Hall–Kier alpha value is -6.09. The van der Waals surface area contributed by atoms with Crippen LogP contribution in [0, 0.1) is 22.2 Å². The molecule has 359 valence electrons. The Bertz CT molecular complexity index is 2430. The fourth-order valence-electron chi connectivity index (χ4n) is 11.1. The van der Waals surface area contributed by atoms with Gasteiger partial charge in [0.05, 0.1) is 31.8 Å². The van der Waals surface area contributed by atoms with Gasteiger partial charge in [-0.2, -0.15) is 5.70 Å². The van der Waals surface area contributed by atoms with Crippen LogP contribution in [0.3, 0.4) is 0 Å². The summed E-state index contributed by atoms with van der Waals surface area (Å²) in [7, 11) is 0. The first-order chi connectivity index (χ1) is 30.2. The van der Waals surface area contributed by atoms with Gasteiger partial charge in [0.2, 0.25) is 0 Å². The minimum atomic E-state index is -1.81. The average molecular weight is 964 g/mol. The predicted molar refractivity (Wildman–Crippen MR) is 227 cm³/mol. The third-order valence-corrected chi connectivity index (χ3v) is 14.2. The molecule has 66 heavy (non-hydrogen) atoms. The normalized spacial score (nSPS) is 30.8. The van der Waals surface area contributed by atoms with E-state index in [0.717, 1.165) is 0 Å². The number of aliphatic imine (C=N–C) groups is 2. The quantitative estimate of drug-likeness (QED) is 0.0775. The molecule has 7 atom stereocenters. The van der Waals surface area contributed by atoms with Gasteiger partial charge in [0.1, 0.15) is 0 Å². The molecule has 20 nitrogen and oxygen atoms in total. The van der Waals surface area contributed by atoms with Gasteiger partial charge in [-0.05, 0) is 74.0 Å². The van der Waals surface area contributed by atoms with Crippen molar-refractivity contribution in [2.24, 2.45) is 32.1 Å². The van der Waals surface area contributed by atoms with Crippen LogP contribution in [-0.4, -0.2) is 112 Å². The summed E-state index contributed by atoms with van der Waals surface area (Å²) in [6.07, 6.45) is -3.62. The van der Waals surface area contributed by atoms with Gasteiger partial charge < -0.3 is 51.1 Å². The first-order valence-electron chi connectivity index (χ1n) is 21.2. The summed E-state index contributed by atoms with van der Waals surface area (Å²) in [5.41, 5.74) is -6.59. The molecule has 2 fully saturated rings. The minimum absolute atomic E-state index is 0. The van der Waals surface area contributed by atoms with E-state index < -0.39 is 132 Å². The molecule has 0 amide bonds. The molecule has 6 heterocycles. The van der Waals surface area contributed by atoms with E-state index in [-0.39, 0.29) is 106 Å². The molecule has 2 unspecified atom stereocenters. The van der Waals surface area contributed by atoms with Crippen LogP contribution in [0.15, 0.2) is 67.2 Å². The van der Waals surface area contributed by atoms with Crippen LogP contribution < -0.4 is 0 Å². The van der Waals surface area contributed by atoms with Crippen molar-refractivity contribution in [1.29, 1.82) is 0 Å². The van der Waals surface area contributed by atoms with Gasteiger partial charge in [-0.25, -0.2) is 0 Å². The predicted octanol–water partition coefficient (Wildman–Crippen LogP) is 6.00. The van der Waals surface area contributed by atoms with Crippen LogP contribution in [0.5, 0.6) is 0 Å². The summed E-state index contributed by atoms with van der Waals surface area (Å²) >= 11 is 0. The number of allylic oxidation sites excluding steroid dienone is 5. The maximum absolute atomic E-state index is 13.6. The second kappa shape index (κ2) is 18.3. The Balaban J connectivity index is 0.00000817. The van der Waals surface area contributed by atoms with Crippen molar-refractivity contribution in [3.8, 4) is 0 Å². The molecule has 6 rings (SSSR count). The van der Waals surface area contributed by atoms with E-state index in [0.29, 0.717) is 5.57 Å². The SMILES string of the molecule is CC1OC(=O)C[C@@]2(C)[C@H](CCC(=O)O)C3=CC4=NC(=C(CCC(=O)O)[C@]4(C)CC(=O)O)C[C@]4(C)[N-]C(=CC5=NC(=C(CC(=O)O)[C@@]5(C)CCC(=O)O)C12[N-]3)C(CCC(=O)O)=C4CC(=O)O.[Co]. The molecule has 1 spiro atoms. The van der Waals surface area contributed by atoms with E-state index in [9.17, 15) is 74.1 Å². The zero-order valence-electron chi connectivity index (χ0n) is 36.9. The van der Waals surface area contributed by atoms with E-state index in [1.165, 1.54) is 19.1 Å². The molecular weight excluding hydrogens is 911 g/mol. The van der Waals surface area contributed by atoms with E-state index >= 15 is 0 Å². The fraction of sp³-hybridized carbons (Fsp3) is 0.556. The first kappa shape index (κ1) is 50.9. The van der Waals surface area contributed by atoms with Crippen LogP contribution in [-0.2, 0) is 59.9 Å². The van der Waals surface area contributed by atoms with Crippen LogP contribution in [0.2, 0.25) is 0 Å². The summed E-state index contributed by atoms with van der Waals surface area (Å²) in [6.45, 7) is 7.97. The number of esters is 1. The Morgan fingerprint density at radius 2 is 1.26 bits per heavy atom. The smallest absolute Gasteiger partial charge is 0.307 e. The number of carbonyl (C=O) groups excluding carboxylic acids is 1. The van der Waals surface area contributed by atoms with Crippen molar-refractivity contribution < 1.29 is 95.6 Å². The van der Waals surface area contributed by atoms with Gasteiger partial charge in [-0.15, -0.1) is 5.70 Å². The largest absolute Gasteiger partial charge is 0.675 e. The molecule has 7 N–H and O–H groups in total. The van der Waals surface area contributed by atoms with Crippen molar-refractivity contribution in [1.82, 2.24) is 0 Å². The minimum Gasteiger partial charge on any atom is -0.675 e. The monoisotopic (exact) mass is 963 g/mol. The summed E-state index contributed by atoms with van der Waals surface area (Å²) in [6, 6.07) is 0. The van der Waals surface area contributed by atoms with Gasteiger partial charge in [0, 0.05) is 76.1 Å². The number of fused-ring (bicyclic) bond motifs is 5. The third kappa shape index (κ3) is 8.93. The number of rotatable bonds is 18. The summed E-state index contributed by atoms with van der Waals surface area (Å²) in [5, 5.41) is 81.5. The van der Waals surface area contributed by atoms with E-state index in [1.807, 2.05) is 0 Å². The second-order valence-electron chi connectivity index (χ2n) is 18.5. The zero-order valence-corrected chi connectivity index (χ0v) is 38.0. The van der Waals surface area contributed by atoms with Crippen LogP contribution in [0.25, 0.3) is 10.6 Å². The molecule has 6 aliphatic heterocycles. The van der Waals surface area contributed by atoms with Crippen LogP contribution in [0.1, 0.15) is 118 Å². The molecule has 0 aromatic carbocycles. The van der Waals surface area contributed by atoms with Gasteiger partial charge in [-0.3, -0.25) is 48.3 Å². The molecule has 21 heteroatoms. The molecule has 0 aromatic heterocycles. The van der Waals surface area contributed by atoms with Gasteiger partial charge in [-0.1, -0.05) is 49.6 Å². The Morgan fingerprint density at radius 1 is 0.682 bits per heavy atom. The summed E-state index contributed by atoms with van der Waals surface area (Å²) in [4.78, 5) is 111. The topological polar surface area (TPSA) is 340 Å². The zero-order chi connectivity index (χ0) is 48.2. The van der Waals surface area contributed by atoms with E-state index in [4.69, 9.17) is 25.4 Å². The van der Waals surface area contributed by atoms with Crippen LogP contribution in [0.4, 0.5) is 0 Å². The van der Waals surface area contributed by atoms with Crippen LogP contribution >= 0.6 is 0 Å². The van der Waals surface area contributed by atoms with Crippen molar-refractivity contribution in [2.75, 3.05) is 0 Å². The molecule has 1 radical (unpaired) electrons. The maximum atomic E-state index is 13.6. The van der Waals surface area contributed by atoms with E-state index in [1.54, 1.807) is 27.7 Å². The van der Waals surface area contributed by atoms with Crippen molar-refractivity contribution in [3.63, 3.8) is 0 Å². The molecule has 0 aliphatic carbocycles. The molecule has 2 saturated heterocycles.